The Labute approximate surface area is 109 Å². The first kappa shape index (κ1) is 14.4. The number of para-hydroxylation sites is 1. The molecule has 0 amide bonds. The second-order valence-electron chi connectivity index (χ2n) is 4.72. The number of nitrogens with one attached hydrogen (secondary N) is 1. The highest BCUT2D eigenvalue weighted by atomic mass is 16.5. The van der Waals surface area contributed by atoms with Crippen molar-refractivity contribution in [2.45, 2.75) is 26.7 Å². The molecule has 0 radical (unpaired) electrons. The van der Waals surface area contributed by atoms with Gasteiger partial charge in [0, 0.05) is 6.54 Å². The quantitative estimate of drug-likeness (QED) is 0.463. The summed E-state index contributed by atoms with van der Waals surface area (Å²) in [6.45, 7) is 5.26. The lowest BCUT2D eigenvalue weighted by Crippen LogP contribution is -2.10. The third-order valence-corrected chi connectivity index (χ3v) is 2.79. The zero-order valence-corrected chi connectivity index (χ0v) is 11.3. The van der Waals surface area contributed by atoms with Gasteiger partial charge in [-0.05, 0) is 30.9 Å². The molecular weight excluding hydrogens is 228 g/mol. The molecule has 0 aliphatic carbocycles. The molecule has 3 N–H and O–H groups in total. The minimum Gasteiger partial charge on any atom is -0.465 e. The molecule has 0 aliphatic heterocycles. The van der Waals surface area contributed by atoms with Gasteiger partial charge < -0.3 is 15.8 Å². The molecule has 0 aliphatic rings. The average molecular weight is 250 g/mol. The lowest BCUT2D eigenvalue weighted by Gasteiger charge is -2.12. The lowest BCUT2D eigenvalue weighted by atomic mass is 10.1. The molecule has 0 saturated carbocycles. The Bertz CT molecular complexity index is 403. The molecule has 0 spiro atoms. The van der Waals surface area contributed by atoms with Crippen LogP contribution in [-0.2, 0) is 4.74 Å². The molecule has 0 saturated heterocycles. The Morgan fingerprint density at radius 2 is 2.17 bits per heavy atom. The Balaban J connectivity index is 2.64. The molecule has 0 unspecified atom stereocenters. The zero-order valence-electron chi connectivity index (χ0n) is 11.3. The van der Waals surface area contributed by atoms with Gasteiger partial charge in [-0.25, -0.2) is 4.79 Å². The van der Waals surface area contributed by atoms with E-state index >= 15 is 0 Å². The molecule has 18 heavy (non-hydrogen) atoms. The number of rotatable bonds is 6. The smallest absolute Gasteiger partial charge is 0.340 e. The van der Waals surface area contributed by atoms with Crippen LogP contribution in [0.5, 0.6) is 0 Å². The highest BCUT2D eigenvalue weighted by molar-refractivity contribution is 5.98. The number of methoxy groups -OCH3 is 1. The molecule has 1 rings (SSSR count). The minimum atomic E-state index is -0.404. The molecule has 4 heteroatoms. The fourth-order valence-corrected chi connectivity index (χ4v) is 1.74. The van der Waals surface area contributed by atoms with Crippen molar-refractivity contribution in [3.63, 3.8) is 0 Å². The lowest BCUT2D eigenvalue weighted by molar-refractivity contribution is 0.0602. The van der Waals surface area contributed by atoms with Crippen LogP contribution in [0.25, 0.3) is 0 Å². The van der Waals surface area contributed by atoms with Crippen molar-refractivity contribution in [1.82, 2.24) is 0 Å². The molecular formula is C14H22N2O2. The van der Waals surface area contributed by atoms with Crippen LogP contribution in [-0.4, -0.2) is 19.6 Å². The molecule has 0 bridgehead atoms. The van der Waals surface area contributed by atoms with E-state index in [9.17, 15) is 4.79 Å². The van der Waals surface area contributed by atoms with Gasteiger partial charge in [-0.15, -0.1) is 0 Å². The number of nitrogens with two attached hydrogens (primary N) is 1. The van der Waals surface area contributed by atoms with Gasteiger partial charge >= 0.3 is 5.97 Å². The minimum absolute atomic E-state index is 0.404. The SMILES string of the molecule is COC(=O)c1cccc(NCCCC(C)C)c1N. The van der Waals surface area contributed by atoms with Crippen molar-refractivity contribution in [2.24, 2.45) is 5.92 Å². The first-order chi connectivity index (χ1) is 8.56. The summed E-state index contributed by atoms with van der Waals surface area (Å²) >= 11 is 0. The molecule has 1 aromatic rings. The normalized spacial score (nSPS) is 10.4. The van der Waals surface area contributed by atoms with Crippen molar-refractivity contribution in [2.75, 3.05) is 24.7 Å². The average Bonchev–Trinajstić information content (AvgIpc) is 2.35. The number of benzene rings is 1. The van der Waals surface area contributed by atoms with E-state index in [1.807, 2.05) is 6.07 Å². The zero-order chi connectivity index (χ0) is 13.5. The van der Waals surface area contributed by atoms with E-state index in [-0.39, 0.29) is 0 Å². The predicted octanol–water partition coefficient (Wildman–Crippen LogP) is 2.90. The molecule has 100 valence electrons. The fraction of sp³-hybridized carbons (Fsp3) is 0.500. The standard InChI is InChI=1S/C14H22N2O2/c1-10(2)6-5-9-16-12-8-4-7-11(13(12)15)14(17)18-3/h4,7-8,10,16H,5-6,9,15H2,1-3H3. The van der Waals surface area contributed by atoms with Crippen LogP contribution in [0.15, 0.2) is 18.2 Å². The number of hydrogen-bond acceptors (Lipinski definition) is 4. The molecule has 0 heterocycles. The number of carbonyl (C=O) groups is 1. The third-order valence-electron chi connectivity index (χ3n) is 2.79. The van der Waals surface area contributed by atoms with Crippen LogP contribution in [0.2, 0.25) is 0 Å². The summed E-state index contributed by atoms with van der Waals surface area (Å²) in [4.78, 5) is 11.5. The summed E-state index contributed by atoms with van der Waals surface area (Å²) in [5.41, 5.74) is 7.59. The van der Waals surface area contributed by atoms with Crippen LogP contribution in [0.3, 0.4) is 0 Å². The maximum Gasteiger partial charge on any atom is 0.340 e. The van der Waals surface area contributed by atoms with Gasteiger partial charge in [0.2, 0.25) is 0 Å². The van der Waals surface area contributed by atoms with Gasteiger partial charge in [0.15, 0.2) is 0 Å². The van der Waals surface area contributed by atoms with E-state index in [0.29, 0.717) is 17.2 Å². The highest BCUT2D eigenvalue weighted by Crippen LogP contribution is 2.23. The first-order valence-electron chi connectivity index (χ1n) is 6.27. The van der Waals surface area contributed by atoms with Crippen LogP contribution in [0.4, 0.5) is 11.4 Å². The second-order valence-corrected chi connectivity index (χ2v) is 4.72. The summed E-state index contributed by atoms with van der Waals surface area (Å²) < 4.78 is 4.68. The van der Waals surface area contributed by atoms with Crippen molar-refractivity contribution >= 4 is 17.3 Å². The van der Waals surface area contributed by atoms with Crippen LogP contribution in [0, 0.1) is 5.92 Å². The fourth-order valence-electron chi connectivity index (χ4n) is 1.74. The Morgan fingerprint density at radius 1 is 1.44 bits per heavy atom. The van der Waals surface area contributed by atoms with Gasteiger partial charge in [0.25, 0.3) is 0 Å². The van der Waals surface area contributed by atoms with E-state index in [2.05, 4.69) is 23.9 Å². The van der Waals surface area contributed by atoms with E-state index in [1.165, 1.54) is 13.5 Å². The monoisotopic (exact) mass is 250 g/mol. The van der Waals surface area contributed by atoms with Gasteiger partial charge in [-0.1, -0.05) is 19.9 Å². The summed E-state index contributed by atoms with van der Waals surface area (Å²) in [7, 11) is 1.35. The van der Waals surface area contributed by atoms with Crippen molar-refractivity contribution < 1.29 is 9.53 Å². The molecule has 4 nitrogen and oxygen atoms in total. The van der Waals surface area contributed by atoms with E-state index < -0.39 is 5.97 Å². The first-order valence-corrected chi connectivity index (χ1v) is 6.27. The summed E-state index contributed by atoms with van der Waals surface area (Å²) in [5, 5.41) is 3.25. The summed E-state index contributed by atoms with van der Waals surface area (Å²) in [5.74, 6) is 0.295. The van der Waals surface area contributed by atoms with Crippen LogP contribution >= 0.6 is 0 Å². The molecule has 0 fully saturated rings. The van der Waals surface area contributed by atoms with Crippen molar-refractivity contribution in [3.05, 3.63) is 23.8 Å². The van der Waals surface area contributed by atoms with Gasteiger partial charge in [0.1, 0.15) is 0 Å². The van der Waals surface area contributed by atoms with Gasteiger partial charge in [-0.2, -0.15) is 0 Å². The van der Waals surface area contributed by atoms with Gasteiger partial charge in [-0.3, -0.25) is 0 Å². The summed E-state index contributed by atoms with van der Waals surface area (Å²) in [6.07, 6.45) is 2.25. The number of esters is 1. The number of nitrogen functional groups attached to an aromatic ring is 1. The maximum absolute atomic E-state index is 11.5. The Morgan fingerprint density at radius 3 is 2.78 bits per heavy atom. The van der Waals surface area contributed by atoms with Crippen LogP contribution < -0.4 is 11.1 Å². The largest absolute Gasteiger partial charge is 0.465 e. The van der Waals surface area contributed by atoms with E-state index in [4.69, 9.17) is 5.73 Å². The van der Waals surface area contributed by atoms with Crippen molar-refractivity contribution in [3.8, 4) is 0 Å². The van der Waals surface area contributed by atoms with Crippen molar-refractivity contribution in [1.29, 1.82) is 0 Å². The molecule has 0 atom stereocenters. The topological polar surface area (TPSA) is 64.3 Å². The highest BCUT2D eigenvalue weighted by Gasteiger charge is 2.12. The summed E-state index contributed by atoms with van der Waals surface area (Å²) in [6, 6.07) is 5.34. The number of ether oxygens (including phenoxy) is 1. The molecule has 1 aromatic carbocycles. The predicted molar refractivity (Wildman–Crippen MR) is 74.8 cm³/mol. The number of carbonyl (C=O) groups excluding carboxylic acids is 1. The second kappa shape index (κ2) is 6.89. The van der Waals surface area contributed by atoms with E-state index in [1.54, 1.807) is 12.1 Å². The number of hydrogen-bond donors (Lipinski definition) is 2. The maximum atomic E-state index is 11.5. The third kappa shape index (κ3) is 3.95. The number of anilines is 2. The Kier molecular flexibility index (Phi) is 5.49. The van der Waals surface area contributed by atoms with E-state index in [0.717, 1.165) is 18.7 Å². The molecule has 0 aromatic heterocycles. The Hall–Kier alpha value is -1.71. The van der Waals surface area contributed by atoms with Gasteiger partial charge in [0.05, 0.1) is 24.0 Å². The van der Waals surface area contributed by atoms with Crippen LogP contribution in [0.1, 0.15) is 37.0 Å².